The highest BCUT2D eigenvalue weighted by atomic mass is 32.2. The molecule has 2 aromatic heterocycles. The second-order valence-corrected chi connectivity index (χ2v) is 7.07. The van der Waals surface area contributed by atoms with E-state index in [0.717, 1.165) is 39.5 Å². The maximum atomic E-state index is 12.0. The number of thioether (sulfide) groups is 1. The summed E-state index contributed by atoms with van der Waals surface area (Å²) >= 11 is 1.63. The van der Waals surface area contributed by atoms with Gasteiger partial charge in [0.1, 0.15) is 11.4 Å². The monoisotopic (exact) mass is 339 g/mol. The van der Waals surface area contributed by atoms with Gasteiger partial charge in [0.05, 0.1) is 11.6 Å². The maximum absolute atomic E-state index is 12.0. The lowest BCUT2D eigenvalue weighted by molar-refractivity contribution is -0.117. The lowest BCUT2D eigenvalue weighted by Crippen LogP contribution is -2.14. The van der Waals surface area contributed by atoms with Crippen LogP contribution < -0.4 is 5.32 Å². The Labute approximate surface area is 143 Å². The Balaban J connectivity index is 1.44. The van der Waals surface area contributed by atoms with Gasteiger partial charge in [0.2, 0.25) is 5.91 Å². The van der Waals surface area contributed by atoms with Crippen molar-refractivity contribution >= 4 is 34.4 Å². The number of anilines is 1. The molecule has 1 aliphatic carbocycles. The summed E-state index contributed by atoms with van der Waals surface area (Å²) in [6, 6.07) is 7.97. The number of rotatable bonds is 5. The first-order valence-electron chi connectivity index (χ1n) is 7.87. The van der Waals surface area contributed by atoms with Crippen molar-refractivity contribution in [1.29, 1.82) is 0 Å². The number of carbonyl (C=O) groups excluding carboxylic acids is 1. The molecule has 1 saturated carbocycles. The average molecular weight is 339 g/mol. The molecule has 122 valence electrons. The molecule has 6 nitrogen and oxygen atoms in total. The predicted octanol–water partition coefficient (Wildman–Crippen LogP) is 3.24. The number of amides is 1. The highest BCUT2D eigenvalue weighted by Gasteiger charge is 2.39. The summed E-state index contributed by atoms with van der Waals surface area (Å²) in [4.78, 5) is 20.5. The summed E-state index contributed by atoms with van der Waals surface area (Å²) in [5.74, 6) is 1.58. The van der Waals surface area contributed by atoms with Crippen molar-refractivity contribution in [3.05, 3.63) is 42.4 Å². The molecular weight excluding hydrogens is 322 g/mol. The van der Waals surface area contributed by atoms with Crippen LogP contribution in [0.3, 0.4) is 0 Å². The highest BCUT2D eigenvalue weighted by molar-refractivity contribution is 7.98. The maximum Gasteiger partial charge on any atom is 0.227 e. The predicted molar refractivity (Wildman–Crippen MR) is 93.6 cm³/mol. The van der Waals surface area contributed by atoms with E-state index in [1.165, 1.54) is 6.33 Å². The Kier molecular flexibility index (Phi) is 3.93. The van der Waals surface area contributed by atoms with Crippen LogP contribution in [0.2, 0.25) is 0 Å². The van der Waals surface area contributed by atoms with Gasteiger partial charge in [-0.15, -0.1) is 11.8 Å². The van der Waals surface area contributed by atoms with E-state index >= 15 is 0 Å². The van der Waals surface area contributed by atoms with Crippen LogP contribution in [0, 0.1) is 11.8 Å². The average Bonchev–Trinajstić information content (AvgIpc) is 3.12. The largest absolute Gasteiger partial charge is 0.326 e. The van der Waals surface area contributed by atoms with E-state index in [1.54, 1.807) is 18.0 Å². The zero-order chi connectivity index (χ0) is 16.5. The van der Waals surface area contributed by atoms with Gasteiger partial charge in [-0.1, -0.05) is 19.1 Å². The minimum Gasteiger partial charge on any atom is -0.326 e. The molecule has 2 N–H and O–H groups in total. The van der Waals surface area contributed by atoms with Crippen LogP contribution in [0.15, 0.2) is 41.8 Å². The molecule has 24 heavy (non-hydrogen) atoms. The first kappa shape index (κ1) is 15.1. The van der Waals surface area contributed by atoms with Gasteiger partial charge in [-0.2, -0.15) is 5.10 Å². The minimum absolute atomic E-state index is 0.128. The molecule has 1 amide bonds. The van der Waals surface area contributed by atoms with Crippen molar-refractivity contribution in [3.63, 3.8) is 0 Å². The molecular formula is C17H17N5OS. The third-order valence-corrected chi connectivity index (χ3v) is 5.30. The van der Waals surface area contributed by atoms with Crippen molar-refractivity contribution in [2.75, 3.05) is 5.32 Å². The fourth-order valence-electron chi connectivity index (χ4n) is 2.67. The van der Waals surface area contributed by atoms with Crippen LogP contribution in [0.4, 0.5) is 5.69 Å². The van der Waals surface area contributed by atoms with Gasteiger partial charge in [-0.3, -0.25) is 9.89 Å². The minimum atomic E-state index is 0.128. The number of hydrogen-bond donors (Lipinski definition) is 2. The number of H-pyrrole nitrogens is 1. The first-order valence-corrected chi connectivity index (χ1v) is 8.86. The second kappa shape index (κ2) is 6.24. The quantitative estimate of drug-likeness (QED) is 0.551. The van der Waals surface area contributed by atoms with E-state index in [0.29, 0.717) is 5.92 Å². The second-order valence-electron chi connectivity index (χ2n) is 6.11. The molecule has 1 aliphatic rings. The van der Waals surface area contributed by atoms with Crippen molar-refractivity contribution < 1.29 is 4.79 Å². The molecule has 0 bridgehead atoms. The fraction of sp³-hybridized carbons (Fsp3) is 0.294. The summed E-state index contributed by atoms with van der Waals surface area (Å²) in [5, 5.41) is 11.7. The molecule has 0 saturated heterocycles. The molecule has 7 heteroatoms. The van der Waals surface area contributed by atoms with Crippen LogP contribution in [0.25, 0.3) is 11.0 Å². The molecule has 2 atom stereocenters. The number of fused-ring (bicyclic) bond motifs is 1. The third kappa shape index (κ3) is 3.12. The molecule has 0 aliphatic heterocycles. The van der Waals surface area contributed by atoms with E-state index in [-0.39, 0.29) is 11.8 Å². The Morgan fingerprint density at radius 1 is 1.42 bits per heavy atom. The molecule has 1 aromatic carbocycles. The van der Waals surface area contributed by atoms with Crippen molar-refractivity contribution in [2.45, 2.75) is 24.1 Å². The first-order chi connectivity index (χ1) is 11.7. The number of nitrogens with one attached hydrogen (secondary N) is 2. The standard InChI is InChI=1S/C17H17N5OS/c1-10-5-13(10)16(23)21-12-4-2-3-11(6-12)8-24-17-14-7-20-22-15(14)18-9-19-17/h2-4,6-7,9-10,13H,5,8H2,1H3,(H,21,23)(H,18,19,20,22). The molecule has 1 fully saturated rings. The number of nitrogens with zero attached hydrogens (tertiary/aromatic N) is 3. The van der Waals surface area contributed by atoms with Crippen LogP contribution in [0.1, 0.15) is 18.9 Å². The van der Waals surface area contributed by atoms with Crippen molar-refractivity contribution in [3.8, 4) is 0 Å². The fourth-order valence-corrected chi connectivity index (χ4v) is 3.58. The third-order valence-electron chi connectivity index (χ3n) is 4.23. The molecule has 2 unspecified atom stereocenters. The zero-order valence-electron chi connectivity index (χ0n) is 13.2. The zero-order valence-corrected chi connectivity index (χ0v) is 14.0. The SMILES string of the molecule is CC1CC1C(=O)Nc1cccc(CSc2ncnc3[nH]ncc23)c1. The van der Waals surface area contributed by atoms with E-state index in [2.05, 4.69) is 38.5 Å². The lowest BCUT2D eigenvalue weighted by Gasteiger charge is -2.07. The highest BCUT2D eigenvalue weighted by Crippen LogP contribution is 2.38. The number of benzene rings is 1. The van der Waals surface area contributed by atoms with Gasteiger partial charge in [-0.05, 0) is 30.0 Å². The van der Waals surface area contributed by atoms with E-state index in [4.69, 9.17) is 0 Å². The number of hydrogen-bond acceptors (Lipinski definition) is 5. The number of aromatic amines is 1. The van der Waals surface area contributed by atoms with Gasteiger partial charge in [-0.25, -0.2) is 9.97 Å². The Hall–Kier alpha value is -2.41. The molecule has 4 rings (SSSR count). The molecule has 3 aromatic rings. The summed E-state index contributed by atoms with van der Waals surface area (Å²) < 4.78 is 0. The van der Waals surface area contributed by atoms with Gasteiger partial charge in [0.25, 0.3) is 0 Å². The normalized spacial score (nSPS) is 19.4. The van der Waals surface area contributed by atoms with Crippen molar-refractivity contribution in [1.82, 2.24) is 20.2 Å². The van der Waals surface area contributed by atoms with Crippen molar-refractivity contribution in [2.24, 2.45) is 11.8 Å². The smallest absolute Gasteiger partial charge is 0.227 e. The lowest BCUT2D eigenvalue weighted by atomic mass is 10.2. The summed E-state index contributed by atoms with van der Waals surface area (Å²) in [6.45, 7) is 2.11. The van der Waals surface area contributed by atoms with Gasteiger partial charge in [0.15, 0.2) is 5.65 Å². The topological polar surface area (TPSA) is 83.6 Å². The van der Waals surface area contributed by atoms with Gasteiger partial charge < -0.3 is 5.32 Å². The van der Waals surface area contributed by atoms with E-state index in [1.807, 2.05) is 18.2 Å². The van der Waals surface area contributed by atoms with E-state index in [9.17, 15) is 4.79 Å². The Bertz CT molecular complexity index is 893. The van der Waals surface area contributed by atoms with Crippen LogP contribution in [-0.4, -0.2) is 26.1 Å². The van der Waals surface area contributed by atoms with Gasteiger partial charge >= 0.3 is 0 Å². The van der Waals surface area contributed by atoms with Crippen LogP contribution in [-0.2, 0) is 10.5 Å². The van der Waals surface area contributed by atoms with Crippen LogP contribution in [0.5, 0.6) is 0 Å². The Morgan fingerprint density at radius 3 is 3.12 bits per heavy atom. The van der Waals surface area contributed by atoms with Gasteiger partial charge in [0, 0.05) is 17.4 Å². The Morgan fingerprint density at radius 2 is 2.29 bits per heavy atom. The summed E-state index contributed by atoms with van der Waals surface area (Å²) in [6.07, 6.45) is 4.27. The molecule has 0 spiro atoms. The molecule has 2 heterocycles. The number of aromatic nitrogens is 4. The van der Waals surface area contributed by atoms with E-state index < -0.39 is 0 Å². The number of carbonyl (C=O) groups is 1. The molecule has 0 radical (unpaired) electrons. The summed E-state index contributed by atoms with van der Waals surface area (Å²) in [7, 11) is 0. The summed E-state index contributed by atoms with van der Waals surface area (Å²) in [5.41, 5.74) is 2.73. The van der Waals surface area contributed by atoms with Crippen LogP contribution >= 0.6 is 11.8 Å².